The summed E-state index contributed by atoms with van der Waals surface area (Å²) in [7, 11) is 0. The summed E-state index contributed by atoms with van der Waals surface area (Å²) in [6, 6.07) is 0. The second kappa shape index (κ2) is 3.31. The molecule has 1 rings (SSSR count). The number of hydrogen-bond donors (Lipinski definition) is 1. The number of aromatic nitrogens is 2. The molecule has 1 amide bonds. The van der Waals surface area contributed by atoms with E-state index in [9.17, 15) is 4.79 Å². The van der Waals surface area contributed by atoms with Gasteiger partial charge >= 0.3 is 0 Å². The van der Waals surface area contributed by atoms with Crippen molar-refractivity contribution >= 4 is 11.9 Å². The molecule has 1 heterocycles. The number of carbonyl (C=O) groups is 1. The fourth-order valence-corrected chi connectivity index (χ4v) is 0.547. The molecule has 0 fully saturated rings. The summed E-state index contributed by atoms with van der Waals surface area (Å²) in [5, 5.41) is 2.85. The number of azide groups is 1. The van der Waals surface area contributed by atoms with Crippen LogP contribution in [0, 0.1) is 0 Å². The number of hydrogen-bond acceptors (Lipinski definition) is 4. The smallest absolute Gasteiger partial charge is 0.252 e. The molecule has 0 spiro atoms. The summed E-state index contributed by atoms with van der Waals surface area (Å²) in [5.41, 5.74) is 13.2. The van der Waals surface area contributed by atoms with Crippen molar-refractivity contribution in [3.05, 3.63) is 28.4 Å². The van der Waals surface area contributed by atoms with Crippen molar-refractivity contribution in [1.82, 2.24) is 9.97 Å². The molecule has 0 aliphatic carbocycles. The number of anilines is 1. The quantitative estimate of drug-likeness (QED) is 0.369. The predicted octanol–water partition coefficient (Wildman–Crippen LogP) is 0.509. The number of amides is 1. The molecule has 0 radical (unpaired) electrons. The third-order valence-corrected chi connectivity index (χ3v) is 1.05. The van der Waals surface area contributed by atoms with Gasteiger partial charge in [-0.1, -0.05) is 0 Å². The Kier molecular flexibility index (Phi) is 2.20. The van der Waals surface area contributed by atoms with E-state index < -0.39 is 5.91 Å². The van der Waals surface area contributed by atoms with Crippen molar-refractivity contribution in [2.24, 2.45) is 5.11 Å². The van der Waals surface area contributed by atoms with Crippen molar-refractivity contribution < 1.29 is 4.79 Å². The second-order valence-electron chi connectivity index (χ2n) is 1.82. The second-order valence-corrected chi connectivity index (χ2v) is 1.82. The lowest BCUT2D eigenvalue weighted by Crippen LogP contribution is -1.99. The van der Waals surface area contributed by atoms with Crippen molar-refractivity contribution in [3.63, 3.8) is 0 Å². The summed E-state index contributed by atoms with van der Waals surface area (Å²) >= 11 is 0. The molecule has 0 bridgehead atoms. The molecule has 2 N–H and O–H groups in total. The summed E-state index contributed by atoms with van der Waals surface area (Å²) in [6.07, 6.45) is 2.39. The third kappa shape index (κ3) is 1.68. The van der Waals surface area contributed by atoms with Crippen LogP contribution in [0.5, 0.6) is 0 Å². The first-order chi connectivity index (χ1) is 5.74. The van der Waals surface area contributed by atoms with E-state index in [2.05, 4.69) is 20.0 Å². The minimum atomic E-state index is -0.725. The lowest BCUT2D eigenvalue weighted by molar-refractivity contribution is 0.0999. The number of nitrogens with zero attached hydrogens (tertiary/aromatic N) is 5. The lowest BCUT2D eigenvalue weighted by atomic mass is 10.3. The molecule has 0 aliphatic rings. The highest BCUT2D eigenvalue weighted by atomic mass is 16.1. The van der Waals surface area contributed by atoms with Gasteiger partial charge in [0.2, 0.25) is 5.95 Å². The minimum absolute atomic E-state index is 0.0625. The summed E-state index contributed by atoms with van der Waals surface area (Å²) in [6.45, 7) is 0. The van der Waals surface area contributed by atoms with Crippen LogP contribution in [0.4, 0.5) is 5.95 Å². The van der Waals surface area contributed by atoms with Crippen LogP contribution in [0.25, 0.3) is 10.4 Å². The van der Waals surface area contributed by atoms with Gasteiger partial charge in [0.1, 0.15) is 0 Å². The number of nitrogen functional groups attached to an aromatic ring is 1. The molecular weight excluding hydrogens is 160 g/mol. The van der Waals surface area contributed by atoms with Gasteiger partial charge in [-0.3, -0.25) is 4.79 Å². The zero-order valence-electron chi connectivity index (χ0n) is 5.88. The van der Waals surface area contributed by atoms with Gasteiger partial charge in [0.25, 0.3) is 5.91 Å². The largest absolute Gasteiger partial charge is 0.368 e. The van der Waals surface area contributed by atoms with Crippen LogP contribution in [0.3, 0.4) is 0 Å². The molecular formula is C5H4N6O. The maximum atomic E-state index is 10.8. The highest BCUT2D eigenvalue weighted by molar-refractivity contribution is 5.94. The molecule has 7 nitrogen and oxygen atoms in total. The highest BCUT2D eigenvalue weighted by Crippen LogP contribution is 1.98. The Balaban J connectivity index is 2.97. The Morgan fingerprint density at radius 1 is 1.58 bits per heavy atom. The minimum Gasteiger partial charge on any atom is -0.368 e. The molecule has 0 unspecified atom stereocenters. The zero-order chi connectivity index (χ0) is 8.97. The van der Waals surface area contributed by atoms with E-state index in [4.69, 9.17) is 11.3 Å². The van der Waals surface area contributed by atoms with E-state index in [0.717, 1.165) is 0 Å². The Morgan fingerprint density at radius 2 is 2.17 bits per heavy atom. The van der Waals surface area contributed by atoms with E-state index in [1.165, 1.54) is 12.4 Å². The normalized spacial score (nSPS) is 8.67. The fraction of sp³-hybridized carbons (Fsp3) is 0. The maximum Gasteiger partial charge on any atom is 0.252 e. The van der Waals surface area contributed by atoms with Crippen LogP contribution in [-0.4, -0.2) is 15.9 Å². The Hall–Kier alpha value is -2.14. The monoisotopic (exact) mass is 164 g/mol. The predicted molar refractivity (Wildman–Crippen MR) is 39.9 cm³/mol. The van der Waals surface area contributed by atoms with Crippen LogP contribution < -0.4 is 5.73 Å². The molecule has 0 aliphatic heterocycles. The first-order valence-electron chi connectivity index (χ1n) is 2.91. The van der Waals surface area contributed by atoms with Gasteiger partial charge in [-0.05, 0) is 10.6 Å². The molecule has 60 valence electrons. The molecule has 0 saturated carbocycles. The van der Waals surface area contributed by atoms with Gasteiger partial charge in [0.15, 0.2) is 0 Å². The van der Waals surface area contributed by atoms with Crippen molar-refractivity contribution in [3.8, 4) is 0 Å². The number of nitrogens with two attached hydrogens (primary N) is 1. The Labute approximate surface area is 66.9 Å². The molecule has 1 aromatic heterocycles. The number of rotatable bonds is 1. The lowest BCUT2D eigenvalue weighted by Gasteiger charge is -1.92. The average Bonchev–Trinajstić information content (AvgIpc) is 2.06. The SMILES string of the molecule is [N-]=[N+]=NC(=O)c1cnc(N)nc1. The van der Waals surface area contributed by atoms with Crippen LogP contribution in [0.15, 0.2) is 17.5 Å². The van der Waals surface area contributed by atoms with Crippen LogP contribution in [0.2, 0.25) is 0 Å². The zero-order valence-corrected chi connectivity index (χ0v) is 5.88. The van der Waals surface area contributed by atoms with Gasteiger partial charge in [-0.25, -0.2) is 9.97 Å². The van der Waals surface area contributed by atoms with Crippen molar-refractivity contribution in [2.75, 3.05) is 5.73 Å². The Bertz CT molecular complexity index is 337. The summed E-state index contributed by atoms with van der Waals surface area (Å²) < 4.78 is 0. The topological polar surface area (TPSA) is 118 Å². The van der Waals surface area contributed by atoms with Gasteiger partial charge in [0.05, 0.1) is 5.56 Å². The highest BCUT2D eigenvalue weighted by Gasteiger charge is 2.02. The first kappa shape index (κ1) is 7.96. The van der Waals surface area contributed by atoms with Gasteiger partial charge in [-0.15, -0.1) is 0 Å². The fourth-order valence-electron chi connectivity index (χ4n) is 0.547. The van der Waals surface area contributed by atoms with Gasteiger partial charge < -0.3 is 5.73 Å². The van der Waals surface area contributed by atoms with E-state index in [1.807, 2.05) is 0 Å². The summed E-state index contributed by atoms with van der Waals surface area (Å²) in [4.78, 5) is 20.2. The van der Waals surface area contributed by atoms with Gasteiger partial charge in [-0.2, -0.15) is 0 Å². The molecule has 7 heteroatoms. The standard InChI is InChI=1S/C5H4N6O/c6-5-8-1-3(2-9-5)4(12)10-11-7/h1-2H,(H2,6,8,9). The third-order valence-electron chi connectivity index (χ3n) is 1.05. The molecule has 0 atom stereocenters. The van der Waals surface area contributed by atoms with Crippen molar-refractivity contribution in [2.45, 2.75) is 0 Å². The Morgan fingerprint density at radius 3 is 2.67 bits per heavy atom. The molecule has 0 aromatic carbocycles. The van der Waals surface area contributed by atoms with Gasteiger partial charge in [0, 0.05) is 17.3 Å². The number of carbonyl (C=O) groups excluding carboxylic acids is 1. The molecule has 1 aromatic rings. The van der Waals surface area contributed by atoms with E-state index in [1.54, 1.807) is 0 Å². The van der Waals surface area contributed by atoms with E-state index in [0.29, 0.717) is 0 Å². The maximum absolute atomic E-state index is 10.8. The van der Waals surface area contributed by atoms with Crippen molar-refractivity contribution in [1.29, 1.82) is 0 Å². The van der Waals surface area contributed by atoms with Crippen LogP contribution in [0.1, 0.15) is 10.4 Å². The summed E-state index contributed by atoms with van der Waals surface area (Å²) in [5.74, 6) is -0.662. The van der Waals surface area contributed by atoms with Crippen LogP contribution in [-0.2, 0) is 0 Å². The van der Waals surface area contributed by atoms with E-state index in [-0.39, 0.29) is 11.5 Å². The van der Waals surface area contributed by atoms with Crippen LogP contribution >= 0.6 is 0 Å². The average molecular weight is 164 g/mol. The molecule has 0 saturated heterocycles. The first-order valence-corrected chi connectivity index (χ1v) is 2.91. The van der Waals surface area contributed by atoms with E-state index >= 15 is 0 Å². The molecule has 12 heavy (non-hydrogen) atoms.